The first kappa shape index (κ1) is 11.5. The summed E-state index contributed by atoms with van der Waals surface area (Å²) < 4.78 is 0. The fourth-order valence-corrected chi connectivity index (χ4v) is 1.28. The minimum absolute atomic E-state index is 0.496. The molecule has 0 radical (unpaired) electrons. The van der Waals surface area contributed by atoms with Gasteiger partial charge in [-0.05, 0) is 24.1 Å². The van der Waals surface area contributed by atoms with E-state index in [4.69, 9.17) is 10.8 Å². The van der Waals surface area contributed by atoms with Crippen LogP contribution in [0, 0.1) is 0 Å². The molecule has 4 heteroatoms. The third-order valence-corrected chi connectivity index (χ3v) is 2.24. The van der Waals surface area contributed by atoms with E-state index < -0.39 is 12.0 Å². The second-order valence-corrected chi connectivity index (χ2v) is 3.34. The van der Waals surface area contributed by atoms with Gasteiger partial charge in [0.05, 0.1) is 0 Å². The van der Waals surface area contributed by atoms with Crippen molar-refractivity contribution >= 4 is 11.7 Å². The number of carboxylic acids is 1. The smallest absolute Gasteiger partial charge is 0.326 e. The number of carboxylic acid groups (broad SMARTS) is 1. The molecule has 0 amide bonds. The van der Waals surface area contributed by atoms with Crippen LogP contribution in [0.2, 0.25) is 0 Å². The number of nitrogens with one attached hydrogen (secondary N) is 1. The maximum atomic E-state index is 10.8. The number of aliphatic carboxylic acids is 1. The Bertz CT molecular complexity index is 322. The first-order chi connectivity index (χ1) is 7.17. The molecular formula is C11H16N2O2. The van der Waals surface area contributed by atoms with Crippen molar-refractivity contribution in [3.05, 3.63) is 29.8 Å². The van der Waals surface area contributed by atoms with Crippen molar-refractivity contribution in [1.82, 2.24) is 0 Å². The molecule has 0 saturated carbocycles. The molecule has 15 heavy (non-hydrogen) atoms. The molecular weight excluding hydrogens is 192 g/mol. The average Bonchev–Trinajstić information content (AvgIpc) is 2.26. The molecule has 82 valence electrons. The molecule has 0 saturated heterocycles. The number of hydrogen-bond acceptors (Lipinski definition) is 3. The number of hydrogen-bond donors (Lipinski definition) is 3. The predicted molar refractivity (Wildman–Crippen MR) is 59.7 cm³/mol. The summed E-state index contributed by atoms with van der Waals surface area (Å²) >= 11 is 0. The van der Waals surface area contributed by atoms with Crippen molar-refractivity contribution in [2.75, 3.05) is 5.32 Å². The number of rotatable bonds is 5. The Hall–Kier alpha value is -1.55. The normalized spacial score (nSPS) is 12.1. The standard InChI is InChI=1S/C11H16N2O2/c1-2-10(11(14)15)13-9-5-3-8(7-12)4-6-9/h3-6,10,13H,2,7,12H2,1H3,(H,14,15)/t10-/m1/s1. The van der Waals surface area contributed by atoms with Crippen molar-refractivity contribution in [3.63, 3.8) is 0 Å². The van der Waals surface area contributed by atoms with Crippen molar-refractivity contribution in [3.8, 4) is 0 Å². The molecule has 1 aromatic carbocycles. The Morgan fingerprint density at radius 2 is 2.07 bits per heavy atom. The van der Waals surface area contributed by atoms with Crippen LogP contribution in [-0.2, 0) is 11.3 Å². The Balaban J connectivity index is 2.67. The second kappa shape index (κ2) is 5.36. The zero-order valence-corrected chi connectivity index (χ0v) is 8.73. The van der Waals surface area contributed by atoms with Crippen LogP contribution in [0.15, 0.2) is 24.3 Å². The van der Waals surface area contributed by atoms with Gasteiger partial charge in [0.15, 0.2) is 0 Å². The van der Waals surface area contributed by atoms with Crippen LogP contribution in [0.1, 0.15) is 18.9 Å². The number of anilines is 1. The van der Waals surface area contributed by atoms with Crippen molar-refractivity contribution in [2.45, 2.75) is 25.9 Å². The number of carbonyl (C=O) groups is 1. The molecule has 1 atom stereocenters. The minimum atomic E-state index is -0.833. The average molecular weight is 208 g/mol. The number of nitrogens with two attached hydrogens (primary N) is 1. The van der Waals surface area contributed by atoms with Gasteiger partial charge in [0.2, 0.25) is 0 Å². The van der Waals surface area contributed by atoms with Gasteiger partial charge >= 0.3 is 5.97 Å². The molecule has 4 nitrogen and oxygen atoms in total. The van der Waals surface area contributed by atoms with Crippen LogP contribution in [0.3, 0.4) is 0 Å². The van der Waals surface area contributed by atoms with Crippen molar-refractivity contribution in [1.29, 1.82) is 0 Å². The second-order valence-electron chi connectivity index (χ2n) is 3.34. The Labute approximate surface area is 89.1 Å². The van der Waals surface area contributed by atoms with Gasteiger partial charge in [-0.3, -0.25) is 0 Å². The quantitative estimate of drug-likeness (QED) is 0.684. The van der Waals surface area contributed by atoms with Gasteiger partial charge in [0, 0.05) is 12.2 Å². The van der Waals surface area contributed by atoms with E-state index in [2.05, 4.69) is 5.32 Å². The van der Waals surface area contributed by atoms with E-state index in [1.54, 1.807) is 0 Å². The zero-order chi connectivity index (χ0) is 11.3. The van der Waals surface area contributed by atoms with Crippen LogP contribution >= 0.6 is 0 Å². The van der Waals surface area contributed by atoms with Gasteiger partial charge in [-0.15, -0.1) is 0 Å². The predicted octanol–water partition coefficient (Wildman–Crippen LogP) is 1.42. The molecule has 0 aliphatic carbocycles. The minimum Gasteiger partial charge on any atom is -0.480 e. The summed E-state index contributed by atoms with van der Waals surface area (Å²) in [5.74, 6) is -0.833. The van der Waals surface area contributed by atoms with Crippen LogP contribution in [-0.4, -0.2) is 17.1 Å². The first-order valence-corrected chi connectivity index (χ1v) is 4.95. The summed E-state index contributed by atoms with van der Waals surface area (Å²) in [5.41, 5.74) is 7.30. The van der Waals surface area contributed by atoms with Crippen molar-refractivity contribution < 1.29 is 9.90 Å². The molecule has 0 spiro atoms. The van der Waals surface area contributed by atoms with Crippen molar-refractivity contribution in [2.24, 2.45) is 5.73 Å². The Morgan fingerprint density at radius 3 is 2.47 bits per heavy atom. The van der Waals surface area contributed by atoms with E-state index >= 15 is 0 Å². The van der Waals surface area contributed by atoms with Gasteiger partial charge in [-0.25, -0.2) is 4.79 Å². The summed E-state index contributed by atoms with van der Waals surface area (Å²) in [4.78, 5) is 10.8. The van der Waals surface area contributed by atoms with E-state index in [1.165, 1.54) is 0 Å². The summed E-state index contributed by atoms with van der Waals surface area (Å²) in [6, 6.07) is 6.92. The van der Waals surface area contributed by atoms with Crippen LogP contribution in [0.25, 0.3) is 0 Å². The lowest BCUT2D eigenvalue weighted by atomic mass is 10.1. The highest BCUT2D eigenvalue weighted by atomic mass is 16.4. The van der Waals surface area contributed by atoms with E-state index in [9.17, 15) is 4.79 Å². The highest BCUT2D eigenvalue weighted by molar-refractivity contribution is 5.77. The van der Waals surface area contributed by atoms with Crippen LogP contribution in [0.4, 0.5) is 5.69 Å². The molecule has 0 aliphatic heterocycles. The highest BCUT2D eigenvalue weighted by Gasteiger charge is 2.13. The molecule has 0 heterocycles. The topological polar surface area (TPSA) is 75.3 Å². The lowest BCUT2D eigenvalue weighted by Gasteiger charge is -2.13. The molecule has 4 N–H and O–H groups in total. The van der Waals surface area contributed by atoms with E-state index in [-0.39, 0.29) is 0 Å². The summed E-state index contributed by atoms with van der Waals surface area (Å²) in [5, 5.41) is 11.8. The maximum Gasteiger partial charge on any atom is 0.326 e. The van der Waals surface area contributed by atoms with E-state index in [1.807, 2.05) is 31.2 Å². The van der Waals surface area contributed by atoms with Crippen LogP contribution in [0.5, 0.6) is 0 Å². The van der Waals surface area contributed by atoms with Gasteiger partial charge in [-0.2, -0.15) is 0 Å². The van der Waals surface area contributed by atoms with Crippen LogP contribution < -0.4 is 11.1 Å². The van der Waals surface area contributed by atoms with Gasteiger partial charge in [0.1, 0.15) is 6.04 Å². The maximum absolute atomic E-state index is 10.8. The third kappa shape index (κ3) is 3.25. The molecule has 1 aromatic rings. The van der Waals surface area contributed by atoms with E-state index in [0.717, 1.165) is 11.3 Å². The summed E-state index contributed by atoms with van der Waals surface area (Å²) in [6.45, 7) is 2.33. The zero-order valence-electron chi connectivity index (χ0n) is 8.73. The molecule has 0 aliphatic rings. The van der Waals surface area contributed by atoms with Gasteiger partial charge in [-0.1, -0.05) is 19.1 Å². The molecule has 0 bridgehead atoms. The fraction of sp³-hybridized carbons (Fsp3) is 0.364. The SMILES string of the molecule is CC[C@@H](Nc1ccc(CN)cc1)C(=O)O. The largest absolute Gasteiger partial charge is 0.480 e. The highest BCUT2D eigenvalue weighted by Crippen LogP contribution is 2.11. The fourth-order valence-electron chi connectivity index (χ4n) is 1.28. The number of benzene rings is 1. The molecule has 1 rings (SSSR count). The summed E-state index contributed by atoms with van der Waals surface area (Å²) in [6.07, 6.45) is 0.550. The van der Waals surface area contributed by atoms with E-state index in [0.29, 0.717) is 13.0 Å². The van der Waals surface area contributed by atoms with Gasteiger partial charge < -0.3 is 16.2 Å². The molecule has 0 unspecified atom stereocenters. The Morgan fingerprint density at radius 1 is 1.47 bits per heavy atom. The lowest BCUT2D eigenvalue weighted by Crippen LogP contribution is -2.28. The Kier molecular flexibility index (Phi) is 4.12. The summed E-state index contributed by atoms with van der Waals surface area (Å²) in [7, 11) is 0. The molecule has 0 fully saturated rings. The first-order valence-electron chi connectivity index (χ1n) is 4.95. The lowest BCUT2D eigenvalue weighted by molar-refractivity contribution is -0.137. The molecule has 0 aromatic heterocycles. The van der Waals surface area contributed by atoms with Gasteiger partial charge in [0.25, 0.3) is 0 Å². The third-order valence-electron chi connectivity index (χ3n) is 2.24. The monoisotopic (exact) mass is 208 g/mol.